The Labute approximate surface area is 310 Å². The first kappa shape index (κ1) is 44.7. The molecule has 3 rings (SSSR count). The third-order valence-corrected chi connectivity index (χ3v) is 10.4. The smallest absolute Gasteiger partial charge is 0.230 e. The molecule has 1 aromatic rings. The number of rotatable bonds is 15. The summed E-state index contributed by atoms with van der Waals surface area (Å²) in [5, 5.41) is 11.5. The lowest BCUT2D eigenvalue weighted by Gasteiger charge is -2.50. The van der Waals surface area contributed by atoms with Gasteiger partial charge in [0.25, 0.3) is 0 Å². The Morgan fingerprint density at radius 2 is 1.16 bits per heavy atom. The molecule has 0 aromatic carbocycles. The molecule has 8 nitrogen and oxygen atoms in total. The first-order valence-corrected chi connectivity index (χ1v) is 20.5. The van der Waals surface area contributed by atoms with Crippen molar-refractivity contribution in [1.29, 1.82) is 0 Å². The molecule has 8 heteroatoms. The number of piperidine rings is 2. The second kappa shape index (κ2) is 17.5. The highest BCUT2D eigenvalue weighted by atomic mass is 15.3. The van der Waals surface area contributed by atoms with Gasteiger partial charge >= 0.3 is 0 Å². The van der Waals surface area contributed by atoms with Gasteiger partial charge in [-0.15, -0.1) is 0 Å². The van der Waals surface area contributed by atoms with E-state index in [1.807, 2.05) is 13.8 Å². The van der Waals surface area contributed by atoms with Gasteiger partial charge in [0.15, 0.2) is 0 Å². The fraction of sp³-hybridized carbons (Fsp3) is 0.929. The topological polar surface area (TPSA) is 81.2 Å². The Morgan fingerprint density at radius 3 is 1.60 bits per heavy atom. The van der Waals surface area contributed by atoms with Gasteiger partial charge in [-0.1, -0.05) is 60.8 Å². The van der Waals surface area contributed by atoms with E-state index in [1.54, 1.807) is 0 Å². The lowest BCUT2D eigenvalue weighted by molar-refractivity contribution is 0.0466. The molecule has 50 heavy (non-hydrogen) atoms. The number of aromatic nitrogens is 3. The second-order valence-corrected chi connectivity index (χ2v) is 20.1. The van der Waals surface area contributed by atoms with E-state index in [0.29, 0.717) is 24.1 Å². The van der Waals surface area contributed by atoms with Gasteiger partial charge in [0.05, 0.1) is 0 Å². The number of anilines is 2. The summed E-state index contributed by atoms with van der Waals surface area (Å²) in [5.41, 5.74) is 0.144. The zero-order valence-electron chi connectivity index (χ0n) is 36.5. The first-order valence-electron chi connectivity index (χ1n) is 20.5. The Bertz CT molecular complexity index is 1130. The Kier molecular flexibility index (Phi) is 15.7. The summed E-state index contributed by atoms with van der Waals surface area (Å²) in [6.45, 7) is 43.1. The van der Waals surface area contributed by atoms with E-state index in [2.05, 4.69) is 137 Å². The number of nitrogens with zero attached hydrogens (tertiary/aromatic N) is 5. The normalized spacial score (nSPS) is 20.8. The van der Waals surface area contributed by atoms with E-state index < -0.39 is 0 Å². The van der Waals surface area contributed by atoms with E-state index in [-0.39, 0.29) is 33.1 Å². The van der Waals surface area contributed by atoms with Gasteiger partial charge in [0.1, 0.15) is 5.82 Å². The predicted molar refractivity (Wildman–Crippen MR) is 219 cm³/mol. The maximum atomic E-state index is 5.22. The van der Waals surface area contributed by atoms with Crippen molar-refractivity contribution in [1.82, 2.24) is 30.5 Å². The van der Waals surface area contributed by atoms with Crippen LogP contribution in [0.2, 0.25) is 0 Å². The summed E-state index contributed by atoms with van der Waals surface area (Å²) < 4.78 is 0. The lowest BCUT2D eigenvalue weighted by atomic mass is 9.78. The highest BCUT2D eigenvalue weighted by Gasteiger charge is 2.42. The third-order valence-electron chi connectivity index (χ3n) is 10.4. The molecule has 0 bridgehead atoms. The molecule has 0 spiro atoms. The summed E-state index contributed by atoms with van der Waals surface area (Å²) in [6.07, 6.45) is 11.6. The predicted octanol–water partition coefficient (Wildman–Crippen LogP) is 9.88. The van der Waals surface area contributed by atoms with Gasteiger partial charge in [0.2, 0.25) is 11.9 Å². The first-order chi connectivity index (χ1) is 22.8. The van der Waals surface area contributed by atoms with E-state index in [1.165, 1.54) is 38.6 Å². The van der Waals surface area contributed by atoms with Crippen molar-refractivity contribution in [3.8, 4) is 0 Å². The summed E-state index contributed by atoms with van der Waals surface area (Å²) in [7, 11) is 0. The zero-order chi connectivity index (χ0) is 38.3. The molecule has 2 aliphatic rings. The third kappa shape index (κ3) is 14.1. The minimum absolute atomic E-state index is 0.0345. The molecule has 292 valence electrons. The molecular formula is C42H84N8. The standard InChI is InChI=1S/C40H78N8.C2H6/c1-17-22-36(7,8)44-33-41-32(35(4,5)6)42-34(43-33)48(31-27-39(13,14)46-40(15,16)28-31)24-21-19-18-20-23-47(29(2)3)30-25-37(9,10)45-38(11,12)26-30;1-2/h29-31,45-46H,17-28H2,1-16H3,(H,41,42,43,44);1-2H3. The molecule has 1 aromatic heterocycles. The fourth-order valence-electron chi connectivity index (χ4n) is 9.10. The van der Waals surface area contributed by atoms with Crippen molar-refractivity contribution in [3.05, 3.63) is 5.82 Å². The highest BCUT2D eigenvalue weighted by Crippen LogP contribution is 2.35. The molecule has 0 saturated carbocycles. The lowest BCUT2D eigenvalue weighted by Crippen LogP contribution is -2.63. The van der Waals surface area contributed by atoms with Crippen LogP contribution in [-0.4, -0.2) is 78.8 Å². The Morgan fingerprint density at radius 1 is 0.700 bits per heavy atom. The monoisotopic (exact) mass is 701 g/mol. The molecular weight excluding hydrogens is 617 g/mol. The largest absolute Gasteiger partial charge is 0.349 e. The highest BCUT2D eigenvalue weighted by molar-refractivity contribution is 5.41. The zero-order valence-corrected chi connectivity index (χ0v) is 36.5. The Hall–Kier alpha value is -1.51. The van der Waals surface area contributed by atoms with Crippen LogP contribution < -0.4 is 20.9 Å². The quantitative estimate of drug-likeness (QED) is 0.156. The van der Waals surface area contributed by atoms with Crippen LogP contribution in [0.25, 0.3) is 0 Å². The molecule has 0 atom stereocenters. The van der Waals surface area contributed by atoms with Crippen molar-refractivity contribution < 1.29 is 0 Å². The molecule has 2 saturated heterocycles. The second-order valence-electron chi connectivity index (χ2n) is 20.1. The SMILES string of the molecule is CC.CCCC(C)(C)Nc1nc(N(CCCCCCN(C(C)C)C2CC(C)(C)NC(C)(C)C2)C2CC(C)(C)NC(C)(C)C2)nc(C(C)(C)C)n1. The fourth-order valence-corrected chi connectivity index (χ4v) is 9.10. The average Bonchev–Trinajstić information content (AvgIpc) is 2.91. The van der Waals surface area contributed by atoms with Crippen LogP contribution in [0.3, 0.4) is 0 Å². The van der Waals surface area contributed by atoms with Crippen LogP contribution in [0.5, 0.6) is 0 Å². The van der Waals surface area contributed by atoms with Gasteiger partial charge in [-0.05, 0) is 135 Å². The van der Waals surface area contributed by atoms with Gasteiger partial charge in [-0.25, -0.2) is 0 Å². The van der Waals surface area contributed by atoms with E-state index >= 15 is 0 Å². The van der Waals surface area contributed by atoms with Gasteiger partial charge in [-0.3, -0.25) is 4.90 Å². The summed E-state index contributed by atoms with van der Waals surface area (Å²) in [5.74, 6) is 2.40. The molecule has 0 radical (unpaired) electrons. The van der Waals surface area contributed by atoms with E-state index in [9.17, 15) is 0 Å². The molecule has 0 aliphatic carbocycles. The molecule has 0 unspecified atom stereocenters. The molecule has 2 fully saturated rings. The molecule has 3 N–H and O–H groups in total. The van der Waals surface area contributed by atoms with Gasteiger partial charge in [0, 0.05) is 57.8 Å². The van der Waals surface area contributed by atoms with Crippen molar-refractivity contribution >= 4 is 11.9 Å². The van der Waals surface area contributed by atoms with Crippen LogP contribution in [-0.2, 0) is 5.41 Å². The van der Waals surface area contributed by atoms with Gasteiger partial charge < -0.3 is 20.9 Å². The van der Waals surface area contributed by atoms with Crippen molar-refractivity contribution in [2.45, 2.75) is 240 Å². The van der Waals surface area contributed by atoms with Crippen molar-refractivity contribution in [2.75, 3.05) is 23.3 Å². The number of hydrogen-bond acceptors (Lipinski definition) is 8. The van der Waals surface area contributed by atoms with Crippen LogP contribution in [0.4, 0.5) is 11.9 Å². The van der Waals surface area contributed by atoms with Crippen LogP contribution in [0.1, 0.15) is 195 Å². The summed E-state index contributed by atoms with van der Waals surface area (Å²) in [4.78, 5) is 20.7. The van der Waals surface area contributed by atoms with Crippen LogP contribution >= 0.6 is 0 Å². The van der Waals surface area contributed by atoms with Crippen molar-refractivity contribution in [2.24, 2.45) is 0 Å². The average molecular weight is 701 g/mol. The van der Waals surface area contributed by atoms with E-state index in [4.69, 9.17) is 15.0 Å². The summed E-state index contributed by atoms with van der Waals surface area (Å²) >= 11 is 0. The molecule has 3 heterocycles. The summed E-state index contributed by atoms with van der Waals surface area (Å²) in [6, 6.07) is 1.54. The molecule has 2 aliphatic heterocycles. The molecule has 0 amide bonds. The van der Waals surface area contributed by atoms with Crippen LogP contribution in [0, 0.1) is 0 Å². The van der Waals surface area contributed by atoms with E-state index in [0.717, 1.165) is 50.4 Å². The maximum absolute atomic E-state index is 5.22. The number of nitrogens with one attached hydrogen (secondary N) is 3. The minimum Gasteiger partial charge on any atom is -0.349 e. The number of unbranched alkanes of at least 4 members (excludes halogenated alkanes) is 3. The minimum atomic E-state index is -0.178. The Balaban J connectivity index is 0.00000425. The van der Waals surface area contributed by atoms with Crippen LogP contribution in [0.15, 0.2) is 0 Å². The number of hydrogen-bond donors (Lipinski definition) is 3. The van der Waals surface area contributed by atoms with Crippen molar-refractivity contribution in [3.63, 3.8) is 0 Å². The van der Waals surface area contributed by atoms with Gasteiger partial charge in [-0.2, -0.15) is 15.0 Å². The maximum Gasteiger partial charge on any atom is 0.230 e.